The van der Waals surface area contributed by atoms with E-state index < -0.39 is 17.5 Å². The molecule has 1 atom stereocenters. The molecule has 0 amide bonds. The van der Waals surface area contributed by atoms with E-state index in [-0.39, 0.29) is 18.7 Å². The molecule has 0 radical (unpaired) electrons. The molecule has 1 heterocycles. The Balaban J connectivity index is 2.49. The van der Waals surface area contributed by atoms with Crippen molar-refractivity contribution in [3.05, 3.63) is 28.2 Å². The maximum atomic E-state index is 12.3. The number of ether oxygens (including phenoxy) is 2. The first-order chi connectivity index (χ1) is 10.8. The summed E-state index contributed by atoms with van der Waals surface area (Å²) < 4.78 is 9.83. The molecular weight excluding hydrogens is 343 g/mol. The van der Waals surface area contributed by atoms with Gasteiger partial charge in [-0.25, -0.2) is 14.6 Å². The summed E-state index contributed by atoms with van der Waals surface area (Å²) in [4.78, 5) is 24.2. The largest absolute Gasteiger partial charge is 0.467 e. The highest BCUT2D eigenvalue weighted by Crippen LogP contribution is 2.39. The van der Waals surface area contributed by atoms with Crippen LogP contribution >= 0.6 is 23.2 Å². The maximum absolute atomic E-state index is 12.3. The van der Waals surface area contributed by atoms with Crippen molar-refractivity contribution in [1.29, 1.82) is 0 Å². The van der Waals surface area contributed by atoms with Gasteiger partial charge < -0.3 is 9.47 Å². The van der Waals surface area contributed by atoms with Gasteiger partial charge in [-0.1, -0.05) is 23.2 Å². The number of carbonyl (C=O) groups is 2. The highest BCUT2D eigenvalue weighted by molar-refractivity contribution is 6.39. The Labute approximate surface area is 143 Å². The third-order valence-electron chi connectivity index (χ3n) is 3.47. The lowest BCUT2D eigenvalue weighted by Crippen LogP contribution is -2.48. The molecule has 0 saturated carbocycles. The average molecular weight is 359 g/mol. The first kappa shape index (κ1) is 17.6. The van der Waals surface area contributed by atoms with E-state index in [0.717, 1.165) is 0 Å². The molecule has 0 aliphatic carbocycles. The van der Waals surface area contributed by atoms with Gasteiger partial charge in [-0.05, 0) is 32.0 Å². The van der Waals surface area contributed by atoms with Gasteiger partial charge in [0.05, 0.1) is 24.4 Å². The summed E-state index contributed by atoms with van der Waals surface area (Å²) in [5.74, 6) is -1.11. The Kier molecular flexibility index (Phi) is 5.16. The smallest absolute Gasteiger partial charge is 0.354 e. The van der Waals surface area contributed by atoms with Crippen LogP contribution in [0.25, 0.3) is 0 Å². The standard InChI is InChI=1S/C15H16Cl2N2O4/c1-4-23-13(20)11-8-15(2,14(21)22-3)19(18-11)12-6-5-9(16)7-10(12)17/h5-7H,4,8H2,1-3H3. The normalized spacial score (nSPS) is 20.2. The second-order valence-corrected chi connectivity index (χ2v) is 5.96. The zero-order valence-corrected chi connectivity index (χ0v) is 14.4. The first-order valence-corrected chi connectivity index (χ1v) is 7.67. The van der Waals surface area contributed by atoms with Crippen LogP contribution in [0, 0.1) is 0 Å². The number of benzene rings is 1. The number of halogens is 2. The van der Waals surface area contributed by atoms with Crippen molar-refractivity contribution >= 4 is 46.5 Å². The minimum Gasteiger partial charge on any atom is -0.467 e. The van der Waals surface area contributed by atoms with E-state index in [0.29, 0.717) is 15.7 Å². The zero-order valence-electron chi connectivity index (χ0n) is 12.9. The Morgan fingerprint density at radius 1 is 1.39 bits per heavy atom. The minimum absolute atomic E-state index is 0.0530. The molecule has 0 N–H and O–H groups in total. The number of esters is 2. The molecule has 1 aliphatic heterocycles. The summed E-state index contributed by atoms with van der Waals surface area (Å²) in [6, 6.07) is 4.79. The van der Waals surface area contributed by atoms with Crippen molar-refractivity contribution in [2.24, 2.45) is 5.10 Å². The molecule has 1 aromatic rings. The van der Waals surface area contributed by atoms with Gasteiger partial charge in [-0.3, -0.25) is 0 Å². The predicted molar refractivity (Wildman–Crippen MR) is 88.0 cm³/mol. The number of anilines is 1. The fraction of sp³-hybridized carbons (Fsp3) is 0.400. The SMILES string of the molecule is CCOC(=O)C1=NN(c2ccc(Cl)cc2Cl)C(C)(C(=O)OC)C1. The van der Waals surface area contributed by atoms with Crippen molar-refractivity contribution in [3.63, 3.8) is 0 Å². The molecule has 0 spiro atoms. The van der Waals surface area contributed by atoms with Gasteiger partial charge in [-0.15, -0.1) is 0 Å². The summed E-state index contributed by atoms with van der Waals surface area (Å²) in [6.45, 7) is 3.54. The van der Waals surface area contributed by atoms with Gasteiger partial charge in [0, 0.05) is 11.4 Å². The number of hydrazone groups is 1. The topological polar surface area (TPSA) is 68.2 Å². The van der Waals surface area contributed by atoms with E-state index in [9.17, 15) is 9.59 Å². The molecular formula is C15H16Cl2N2O4. The molecule has 124 valence electrons. The van der Waals surface area contributed by atoms with Crippen molar-refractivity contribution < 1.29 is 19.1 Å². The molecule has 0 aromatic heterocycles. The minimum atomic E-state index is -1.20. The molecule has 0 fully saturated rings. The maximum Gasteiger partial charge on any atom is 0.354 e. The Morgan fingerprint density at radius 2 is 2.09 bits per heavy atom. The van der Waals surface area contributed by atoms with Gasteiger partial charge in [0.2, 0.25) is 0 Å². The molecule has 1 unspecified atom stereocenters. The summed E-state index contributed by atoms with van der Waals surface area (Å²) in [6.07, 6.45) is 0.0530. The highest BCUT2D eigenvalue weighted by atomic mass is 35.5. The van der Waals surface area contributed by atoms with E-state index in [4.69, 9.17) is 32.7 Å². The number of rotatable bonds is 4. The fourth-order valence-electron chi connectivity index (χ4n) is 2.35. The van der Waals surface area contributed by atoms with Gasteiger partial charge >= 0.3 is 11.9 Å². The first-order valence-electron chi connectivity index (χ1n) is 6.91. The van der Waals surface area contributed by atoms with Crippen molar-refractivity contribution in [2.75, 3.05) is 18.7 Å². The van der Waals surface area contributed by atoms with E-state index in [1.807, 2.05) is 0 Å². The average Bonchev–Trinajstić information content (AvgIpc) is 2.86. The Hall–Kier alpha value is -1.79. The highest BCUT2D eigenvalue weighted by Gasteiger charge is 2.49. The van der Waals surface area contributed by atoms with Gasteiger partial charge in [0.1, 0.15) is 5.71 Å². The lowest BCUT2D eigenvalue weighted by molar-refractivity contribution is -0.146. The molecule has 23 heavy (non-hydrogen) atoms. The second kappa shape index (κ2) is 6.76. The van der Waals surface area contributed by atoms with Crippen LogP contribution in [0.5, 0.6) is 0 Å². The molecule has 8 heteroatoms. The molecule has 0 saturated heterocycles. The van der Waals surface area contributed by atoms with E-state index >= 15 is 0 Å². The van der Waals surface area contributed by atoms with Gasteiger partial charge in [0.25, 0.3) is 0 Å². The van der Waals surface area contributed by atoms with Crippen molar-refractivity contribution in [1.82, 2.24) is 0 Å². The van der Waals surface area contributed by atoms with Crippen LogP contribution in [0.3, 0.4) is 0 Å². The van der Waals surface area contributed by atoms with Crippen LogP contribution in [0.2, 0.25) is 10.0 Å². The van der Waals surface area contributed by atoms with Crippen molar-refractivity contribution in [2.45, 2.75) is 25.8 Å². The monoisotopic (exact) mass is 358 g/mol. The van der Waals surface area contributed by atoms with Crippen LogP contribution in [0.1, 0.15) is 20.3 Å². The van der Waals surface area contributed by atoms with Crippen LogP contribution in [0.4, 0.5) is 5.69 Å². The molecule has 1 aliphatic rings. The fourth-order valence-corrected chi connectivity index (χ4v) is 2.83. The van der Waals surface area contributed by atoms with Crippen LogP contribution < -0.4 is 5.01 Å². The molecule has 6 nitrogen and oxygen atoms in total. The quantitative estimate of drug-likeness (QED) is 0.773. The molecule has 0 bridgehead atoms. The lowest BCUT2D eigenvalue weighted by Gasteiger charge is -2.31. The summed E-state index contributed by atoms with van der Waals surface area (Å²) in [7, 11) is 1.28. The number of hydrogen-bond donors (Lipinski definition) is 0. The number of carbonyl (C=O) groups excluding carboxylic acids is 2. The Morgan fingerprint density at radius 3 is 2.65 bits per heavy atom. The summed E-state index contributed by atoms with van der Waals surface area (Å²) in [5.41, 5.74) is -0.622. The van der Waals surface area contributed by atoms with Crippen LogP contribution in [0.15, 0.2) is 23.3 Å². The number of nitrogens with zero attached hydrogens (tertiary/aromatic N) is 2. The zero-order chi connectivity index (χ0) is 17.2. The third-order valence-corrected chi connectivity index (χ3v) is 4.01. The summed E-state index contributed by atoms with van der Waals surface area (Å²) in [5, 5.41) is 6.37. The summed E-state index contributed by atoms with van der Waals surface area (Å²) >= 11 is 12.1. The van der Waals surface area contributed by atoms with E-state index in [2.05, 4.69) is 5.10 Å². The van der Waals surface area contributed by atoms with E-state index in [1.54, 1.807) is 26.0 Å². The number of methoxy groups -OCH3 is 1. The molecule has 2 rings (SSSR count). The van der Waals surface area contributed by atoms with Crippen molar-refractivity contribution in [3.8, 4) is 0 Å². The second-order valence-electron chi connectivity index (χ2n) is 5.12. The van der Waals surface area contributed by atoms with E-state index in [1.165, 1.54) is 18.2 Å². The lowest BCUT2D eigenvalue weighted by atomic mass is 9.95. The third kappa shape index (κ3) is 3.28. The van der Waals surface area contributed by atoms with Gasteiger partial charge in [-0.2, -0.15) is 5.10 Å². The Bertz CT molecular complexity index is 677. The molecule has 1 aromatic carbocycles. The van der Waals surface area contributed by atoms with Crippen LogP contribution in [-0.4, -0.2) is 36.9 Å². The van der Waals surface area contributed by atoms with Gasteiger partial charge in [0.15, 0.2) is 5.54 Å². The predicted octanol–water partition coefficient (Wildman–Crippen LogP) is 3.05. The number of hydrogen-bond acceptors (Lipinski definition) is 6. The van der Waals surface area contributed by atoms with Crippen LogP contribution in [-0.2, 0) is 19.1 Å².